The second-order valence-corrected chi connectivity index (χ2v) is 13.0. The van der Waals surface area contributed by atoms with Crippen LogP contribution < -0.4 is 0 Å². The Bertz CT molecular complexity index is 2660. The Morgan fingerprint density at radius 3 is 1.83 bits per heavy atom. The van der Waals surface area contributed by atoms with E-state index in [4.69, 9.17) is 9.97 Å². The maximum absolute atomic E-state index is 4.86. The summed E-state index contributed by atoms with van der Waals surface area (Å²) in [5.74, 6) is 0. The zero-order chi connectivity index (χ0) is 36.1. The molecule has 9 rings (SSSR count). The summed E-state index contributed by atoms with van der Waals surface area (Å²) < 4.78 is 0. The number of hydrogen-bond donors (Lipinski definition) is 0. The second kappa shape index (κ2) is 16.2. The molecule has 0 aliphatic carbocycles. The van der Waals surface area contributed by atoms with Crippen LogP contribution in [-0.4, -0.2) is 24.9 Å². The van der Waals surface area contributed by atoms with Crippen LogP contribution in [0.4, 0.5) is 0 Å². The van der Waals surface area contributed by atoms with Crippen molar-refractivity contribution in [3.63, 3.8) is 0 Å². The van der Waals surface area contributed by atoms with Gasteiger partial charge < -0.3 is 9.97 Å². The first-order chi connectivity index (χ1) is 26.0. The van der Waals surface area contributed by atoms with Crippen LogP contribution in [-0.2, 0) is 20.1 Å². The quantitative estimate of drug-likeness (QED) is 0.127. The molecule has 4 aromatic carbocycles. The van der Waals surface area contributed by atoms with Gasteiger partial charge in [-0.25, -0.2) is 0 Å². The van der Waals surface area contributed by atoms with Crippen molar-refractivity contribution in [3.05, 3.63) is 187 Å². The average Bonchev–Trinajstić information content (AvgIpc) is 3.22. The Kier molecular flexibility index (Phi) is 10.9. The molecule has 0 N–H and O–H groups in total. The van der Waals surface area contributed by atoms with E-state index in [1.54, 1.807) is 6.20 Å². The van der Waals surface area contributed by atoms with E-state index in [0.717, 1.165) is 94.5 Å². The van der Waals surface area contributed by atoms with Crippen molar-refractivity contribution in [1.29, 1.82) is 0 Å². The van der Waals surface area contributed by atoms with Crippen molar-refractivity contribution in [2.24, 2.45) is 0 Å². The molecule has 0 saturated carbocycles. The fourth-order valence-corrected chi connectivity index (χ4v) is 6.67. The minimum Gasteiger partial charge on any atom is -0.305 e. The van der Waals surface area contributed by atoms with E-state index in [-0.39, 0.29) is 20.1 Å². The molecule has 0 saturated heterocycles. The molecule has 9 aromatic rings. The van der Waals surface area contributed by atoms with Gasteiger partial charge in [0, 0.05) is 78.7 Å². The van der Waals surface area contributed by atoms with Crippen molar-refractivity contribution in [3.8, 4) is 55.9 Å². The number of pyridine rings is 5. The summed E-state index contributed by atoms with van der Waals surface area (Å²) in [7, 11) is 0. The van der Waals surface area contributed by atoms with Gasteiger partial charge in [0.25, 0.3) is 0 Å². The number of aryl methyl sites for hydroxylation is 3. The van der Waals surface area contributed by atoms with Crippen LogP contribution in [0.15, 0.2) is 158 Å². The summed E-state index contributed by atoms with van der Waals surface area (Å²) in [6.07, 6.45) is 9.24. The third-order valence-corrected chi connectivity index (χ3v) is 9.31. The van der Waals surface area contributed by atoms with Gasteiger partial charge in [-0.2, -0.15) is 0 Å². The summed E-state index contributed by atoms with van der Waals surface area (Å²) in [4.78, 5) is 23.1. The minimum atomic E-state index is 0. The summed E-state index contributed by atoms with van der Waals surface area (Å²) >= 11 is 0. The molecule has 0 aliphatic rings. The SMILES string of the molecule is Cc1cnc(C)c(-c2cc(-c3cc(-c4ccccn4)[c-]cc3C)cc(-c3cc4ncccc4c4cccnc34)c2)c1.[Ir].[c-]1ccccc1-c1ccccn1. The topological polar surface area (TPSA) is 64.5 Å². The summed E-state index contributed by atoms with van der Waals surface area (Å²) in [6.45, 7) is 6.29. The molecule has 0 spiro atoms. The molecular formula is C48H35IrN5-2. The van der Waals surface area contributed by atoms with Crippen molar-refractivity contribution < 1.29 is 20.1 Å². The predicted molar refractivity (Wildman–Crippen MR) is 216 cm³/mol. The number of aromatic nitrogens is 5. The molecule has 5 nitrogen and oxygen atoms in total. The summed E-state index contributed by atoms with van der Waals surface area (Å²) in [5, 5.41) is 2.19. The molecule has 1 radical (unpaired) electrons. The Balaban J connectivity index is 0.000000294. The van der Waals surface area contributed by atoms with Crippen LogP contribution >= 0.6 is 0 Å². The van der Waals surface area contributed by atoms with Crippen molar-refractivity contribution in [2.45, 2.75) is 20.8 Å². The number of rotatable bonds is 5. The number of fused-ring (bicyclic) bond motifs is 3. The number of nitrogens with zero attached hydrogens (tertiary/aromatic N) is 5. The Morgan fingerprint density at radius 2 is 1.13 bits per heavy atom. The first-order valence-corrected chi connectivity index (χ1v) is 17.6. The average molecular weight is 874 g/mol. The molecule has 54 heavy (non-hydrogen) atoms. The van der Waals surface area contributed by atoms with Gasteiger partial charge >= 0.3 is 0 Å². The monoisotopic (exact) mass is 874 g/mol. The zero-order valence-corrected chi connectivity index (χ0v) is 32.5. The molecule has 0 atom stereocenters. The van der Waals surface area contributed by atoms with E-state index < -0.39 is 0 Å². The van der Waals surface area contributed by atoms with Crippen LogP contribution in [0.1, 0.15) is 16.8 Å². The van der Waals surface area contributed by atoms with Crippen LogP contribution in [0.25, 0.3) is 77.7 Å². The van der Waals surface area contributed by atoms with E-state index in [1.165, 1.54) is 0 Å². The molecule has 0 aliphatic heterocycles. The molecule has 0 bridgehead atoms. The largest absolute Gasteiger partial charge is 0.305 e. The van der Waals surface area contributed by atoms with Gasteiger partial charge in [-0.05, 0) is 102 Å². The maximum Gasteiger partial charge on any atom is 0.0787 e. The van der Waals surface area contributed by atoms with Gasteiger partial charge in [-0.1, -0.05) is 48.9 Å². The third-order valence-electron chi connectivity index (χ3n) is 9.31. The van der Waals surface area contributed by atoms with E-state index in [2.05, 4.69) is 102 Å². The molecule has 5 heterocycles. The molecule has 0 amide bonds. The fourth-order valence-electron chi connectivity index (χ4n) is 6.67. The minimum absolute atomic E-state index is 0. The Morgan fingerprint density at radius 1 is 0.481 bits per heavy atom. The van der Waals surface area contributed by atoms with Gasteiger partial charge in [-0.15, -0.1) is 65.2 Å². The van der Waals surface area contributed by atoms with Gasteiger partial charge in [-0.3, -0.25) is 15.0 Å². The molecule has 0 unspecified atom stereocenters. The predicted octanol–water partition coefficient (Wildman–Crippen LogP) is 11.5. The molecule has 6 heteroatoms. The Hall–Kier alpha value is -6.20. The van der Waals surface area contributed by atoms with E-state index in [9.17, 15) is 0 Å². The second-order valence-electron chi connectivity index (χ2n) is 13.0. The van der Waals surface area contributed by atoms with Gasteiger partial charge in [0.1, 0.15) is 0 Å². The molecular weight excluding hydrogens is 839 g/mol. The molecule has 5 aromatic heterocycles. The van der Waals surface area contributed by atoms with Crippen LogP contribution in [0.3, 0.4) is 0 Å². The first kappa shape index (κ1) is 36.2. The third kappa shape index (κ3) is 7.62. The zero-order valence-electron chi connectivity index (χ0n) is 30.1. The van der Waals surface area contributed by atoms with Crippen LogP contribution in [0, 0.1) is 32.9 Å². The normalized spacial score (nSPS) is 10.7. The summed E-state index contributed by atoms with van der Waals surface area (Å²) in [5.41, 5.74) is 15.7. The summed E-state index contributed by atoms with van der Waals surface area (Å²) in [6, 6.07) is 49.9. The smallest absolute Gasteiger partial charge is 0.0787 e. The number of benzene rings is 4. The van der Waals surface area contributed by atoms with E-state index in [0.29, 0.717) is 0 Å². The van der Waals surface area contributed by atoms with Crippen LogP contribution in [0.5, 0.6) is 0 Å². The Labute approximate surface area is 329 Å². The maximum atomic E-state index is 4.86. The van der Waals surface area contributed by atoms with Gasteiger partial charge in [0.05, 0.1) is 11.0 Å². The van der Waals surface area contributed by atoms with Crippen molar-refractivity contribution in [1.82, 2.24) is 24.9 Å². The van der Waals surface area contributed by atoms with Crippen molar-refractivity contribution >= 4 is 21.8 Å². The standard InChI is InChI=1S/C37H27N4.C11H8N.Ir/c1-23-16-33(25(3)41-22-23)28-17-27(32-20-26(12-11-24(32)2)35-10-4-5-13-38-35)18-29(19-28)34-21-36-30(8-6-14-39-36)31-9-7-15-40-37(31)34;1-2-6-10(7-3-1)11-8-4-5-9-12-11;/h4-11,13-22H,1-3H3;1-6,8-9H;/q2*-1;. The van der Waals surface area contributed by atoms with Crippen molar-refractivity contribution in [2.75, 3.05) is 0 Å². The fraction of sp³-hybridized carbons (Fsp3) is 0.0625. The first-order valence-electron chi connectivity index (χ1n) is 17.6. The van der Waals surface area contributed by atoms with E-state index >= 15 is 0 Å². The molecule has 263 valence electrons. The van der Waals surface area contributed by atoms with Gasteiger partial charge in [0.15, 0.2) is 0 Å². The van der Waals surface area contributed by atoms with E-state index in [1.807, 2.05) is 97.6 Å². The molecule has 0 fully saturated rings. The number of hydrogen-bond acceptors (Lipinski definition) is 5. The van der Waals surface area contributed by atoms with Gasteiger partial charge in [0.2, 0.25) is 0 Å². The van der Waals surface area contributed by atoms with Crippen LogP contribution in [0.2, 0.25) is 0 Å².